The van der Waals surface area contributed by atoms with Gasteiger partial charge in [0, 0.05) is 0 Å². The quantitative estimate of drug-likeness (QED) is 0.457. The van der Waals surface area contributed by atoms with Gasteiger partial charge in [0.25, 0.3) is 0 Å². The highest BCUT2D eigenvalue weighted by molar-refractivity contribution is 4.72. The molecular weight excluding hydrogens is 256 g/mol. The Balaban J connectivity index is 0.000000121. The maximum absolute atomic E-state index is 5.10. The minimum Gasteiger partial charge on any atom is -0.373 e. The van der Waals surface area contributed by atoms with Gasteiger partial charge in [0.1, 0.15) is 0 Å². The Labute approximate surface area is 122 Å². The number of hydrogen-bond donors (Lipinski definition) is 0. The summed E-state index contributed by atoms with van der Waals surface area (Å²) in [5.74, 6) is 0. The van der Waals surface area contributed by atoms with Gasteiger partial charge in [-0.2, -0.15) is 0 Å². The smallest absolute Gasteiger partial charge is 0.0810 e. The Morgan fingerprint density at radius 3 is 0.800 bits per heavy atom. The first-order chi connectivity index (χ1) is 9.90. The van der Waals surface area contributed by atoms with Crippen LogP contribution >= 0.6 is 0 Å². The second kappa shape index (κ2) is 7.74. The lowest BCUT2D eigenvalue weighted by atomic mass is 10.1. The van der Waals surface area contributed by atoms with Crippen LogP contribution in [-0.2, 0) is 18.9 Å². The third-order valence-electron chi connectivity index (χ3n) is 4.21. The van der Waals surface area contributed by atoms with Crippen molar-refractivity contribution in [3.05, 3.63) is 0 Å². The Kier molecular flexibility index (Phi) is 5.71. The standard InChI is InChI=1S/2C8H14O2/c2*1(3-7-5-9-7)2-4-8-6-10-8/h2*7-8H,1-6H2. The minimum atomic E-state index is 0.625. The first kappa shape index (κ1) is 14.8. The van der Waals surface area contributed by atoms with E-state index in [1.54, 1.807) is 0 Å². The van der Waals surface area contributed by atoms with Gasteiger partial charge in [0.15, 0.2) is 0 Å². The van der Waals surface area contributed by atoms with Gasteiger partial charge in [-0.1, -0.05) is 25.7 Å². The van der Waals surface area contributed by atoms with Crippen LogP contribution in [0.25, 0.3) is 0 Å². The van der Waals surface area contributed by atoms with Crippen molar-refractivity contribution < 1.29 is 18.9 Å². The van der Waals surface area contributed by atoms with Crippen molar-refractivity contribution in [3.8, 4) is 0 Å². The van der Waals surface area contributed by atoms with Crippen LogP contribution in [-0.4, -0.2) is 50.8 Å². The Morgan fingerprint density at radius 2 is 0.650 bits per heavy atom. The van der Waals surface area contributed by atoms with E-state index >= 15 is 0 Å². The third-order valence-corrected chi connectivity index (χ3v) is 4.21. The molecule has 4 heterocycles. The van der Waals surface area contributed by atoms with Crippen molar-refractivity contribution in [3.63, 3.8) is 0 Å². The van der Waals surface area contributed by atoms with E-state index in [2.05, 4.69) is 0 Å². The number of rotatable bonds is 10. The van der Waals surface area contributed by atoms with Crippen molar-refractivity contribution >= 4 is 0 Å². The SMILES string of the molecule is C(CCC1CO1)CC1CO1.C(CCC1CO1)CC1CO1. The summed E-state index contributed by atoms with van der Waals surface area (Å²) in [5.41, 5.74) is 0. The molecule has 4 nitrogen and oxygen atoms in total. The summed E-state index contributed by atoms with van der Waals surface area (Å²) in [6, 6.07) is 0. The van der Waals surface area contributed by atoms with Gasteiger partial charge in [-0.25, -0.2) is 0 Å². The zero-order valence-corrected chi connectivity index (χ0v) is 12.4. The molecule has 4 heteroatoms. The zero-order valence-electron chi connectivity index (χ0n) is 12.4. The predicted molar refractivity (Wildman–Crippen MR) is 75.9 cm³/mol. The third kappa shape index (κ3) is 7.58. The van der Waals surface area contributed by atoms with E-state index in [1.165, 1.54) is 51.4 Å². The number of hydrogen-bond acceptors (Lipinski definition) is 4. The van der Waals surface area contributed by atoms with Gasteiger partial charge in [-0.05, 0) is 25.7 Å². The molecule has 4 fully saturated rings. The van der Waals surface area contributed by atoms with E-state index in [4.69, 9.17) is 18.9 Å². The van der Waals surface area contributed by atoms with Gasteiger partial charge in [0.05, 0.1) is 50.8 Å². The molecule has 116 valence electrons. The molecule has 4 saturated heterocycles. The van der Waals surface area contributed by atoms with Crippen LogP contribution in [0.5, 0.6) is 0 Å². The second-order valence-corrected chi connectivity index (χ2v) is 6.39. The fourth-order valence-electron chi connectivity index (χ4n) is 2.43. The molecule has 4 unspecified atom stereocenters. The lowest BCUT2D eigenvalue weighted by Gasteiger charge is -1.93. The van der Waals surface area contributed by atoms with Gasteiger partial charge >= 0.3 is 0 Å². The highest BCUT2D eigenvalue weighted by Crippen LogP contribution is 2.22. The fourth-order valence-corrected chi connectivity index (χ4v) is 2.43. The summed E-state index contributed by atoms with van der Waals surface area (Å²) in [6.45, 7) is 4.06. The molecule has 4 aliphatic heterocycles. The van der Waals surface area contributed by atoms with Crippen LogP contribution < -0.4 is 0 Å². The van der Waals surface area contributed by atoms with Crippen LogP contribution in [0, 0.1) is 0 Å². The lowest BCUT2D eigenvalue weighted by Crippen LogP contribution is -1.88. The summed E-state index contributed by atoms with van der Waals surface area (Å²) in [4.78, 5) is 0. The van der Waals surface area contributed by atoms with Gasteiger partial charge in [0.2, 0.25) is 0 Å². The number of unbranched alkanes of at least 4 members (excludes halogenated alkanes) is 2. The molecule has 0 spiro atoms. The summed E-state index contributed by atoms with van der Waals surface area (Å²) in [5, 5.41) is 0. The molecule has 4 aliphatic rings. The van der Waals surface area contributed by atoms with Crippen molar-refractivity contribution in [2.45, 2.75) is 75.8 Å². The van der Waals surface area contributed by atoms with E-state index < -0.39 is 0 Å². The van der Waals surface area contributed by atoms with E-state index in [0.717, 1.165) is 26.4 Å². The van der Waals surface area contributed by atoms with Crippen LogP contribution in [0.2, 0.25) is 0 Å². The van der Waals surface area contributed by atoms with Crippen molar-refractivity contribution in [1.29, 1.82) is 0 Å². The average Bonchev–Trinajstić information content (AvgIpc) is 3.30. The zero-order chi connectivity index (χ0) is 13.6. The number of ether oxygens (including phenoxy) is 4. The van der Waals surface area contributed by atoms with E-state index in [-0.39, 0.29) is 0 Å². The van der Waals surface area contributed by atoms with E-state index in [1.807, 2.05) is 0 Å². The van der Waals surface area contributed by atoms with Gasteiger partial charge in [-0.3, -0.25) is 0 Å². The summed E-state index contributed by atoms with van der Waals surface area (Å²) < 4.78 is 20.4. The van der Waals surface area contributed by atoms with Crippen molar-refractivity contribution in [1.82, 2.24) is 0 Å². The molecule has 0 aliphatic carbocycles. The summed E-state index contributed by atoms with van der Waals surface area (Å²) in [6.07, 6.45) is 12.9. The van der Waals surface area contributed by atoms with Crippen LogP contribution in [0.4, 0.5) is 0 Å². The first-order valence-electron chi connectivity index (χ1n) is 8.36. The largest absolute Gasteiger partial charge is 0.373 e. The highest BCUT2D eigenvalue weighted by atomic mass is 16.6. The van der Waals surface area contributed by atoms with Crippen molar-refractivity contribution in [2.24, 2.45) is 0 Å². The van der Waals surface area contributed by atoms with E-state index in [9.17, 15) is 0 Å². The molecule has 0 aromatic heterocycles. The number of epoxide rings is 4. The van der Waals surface area contributed by atoms with E-state index in [0.29, 0.717) is 24.4 Å². The molecule has 0 saturated carbocycles. The summed E-state index contributed by atoms with van der Waals surface area (Å²) in [7, 11) is 0. The Morgan fingerprint density at radius 1 is 0.450 bits per heavy atom. The lowest BCUT2D eigenvalue weighted by molar-refractivity contribution is 0.370. The van der Waals surface area contributed by atoms with Crippen LogP contribution in [0.3, 0.4) is 0 Å². The average molecular weight is 284 g/mol. The molecule has 0 radical (unpaired) electrons. The molecule has 0 aromatic rings. The Bertz CT molecular complexity index is 212. The maximum Gasteiger partial charge on any atom is 0.0810 e. The van der Waals surface area contributed by atoms with Crippen LogP contribution in [0.15, 0.2) is 0 Å². The molecule has 4 rings (SSSR count). The van der Waals surface area contributed by atoms with Crippen molar-refractivity contribution in [2.75, 3.05) is 26.4 Å². The molecule has 0 N–H and O–H groups in total. The monoisotopic (exact) mass is 284 g/mol. The molecule has 0 aromatic carbocycles. The molecule has 20 heavy (non-hydrogen) atoms. The second-order valence-electron chi connectivity index (χ2n) is 6.39. The van der Waals surface area contributed by atoms with Gasteiger partial charge in [-0.15, -0.1) is 0 Å². The highest BCUT2D eigenvalue weighted by Gasteiger charge is 2.24. The normalized spacial score (nSPS) is 36.0. The summed E-state index contributed by atoms with van der Waals surface area (Å²) >= 11 is 0. The predicted octanol–water partition coefficient (Wildman–Crippen LogP) is 2.69. The minimum absolute atomic E-state index is 0.625. The maximum atomic E-state index is 5.10. The molecule has 0 amide bonds. The van der Waals surface area contributed by atoms with Gasteiger partial charge < -0.3 is 18.9 Å². The first-order valence-corrected chi connectivity index (χ1v) is 8.36. The fraction of sp³-hybridized carbons (Fsp3) is 1.00. The topological polar surface area (TPSA) is 50.1 Å². The molecular formula is C16H28O4. The molecule has 0 bridgehead atoms. The molecule has 4 atom stereocenters. The Hall–Kier alpha value is -0.160. The van der Waals surface area contributed by atoms with Crippen LogP contribution in [0.1, 0.15) is 51.4 Å².